The second kappa shape index (κ2) is 32.7. The smallest absolute Gasteiger partial charge is 0.329 e. The Bertz CT molecular complexity index is 3380. The molecule has 0 bridgehead atoms. The van der Waals surface area contributed by atoms with Crippen molar-refractivity contribution < 1.29 is 52.3 Å². The standard InChI is InChI=1S/C69H88ClN7O11S/c1-11-52(49-40-58(84-8)64(86-10)59(41-49)85-9)67(80)76-37-22-19-26-54(76)69(81)88-55(33-27-46-28-34-56(82-6)57(38-46)83-7)48-24-23-25-51(39-48)87-42-60(78)71-35-20-17-15-13-14-16-18-21-36-72-66(79)53(12-2)63-65-75-74-45(5)77(65)68-61(43(3)44(4)89-68)62(73-63)47-29-31-50(70)32-30-47/h23-25,28-32,34,38-41,52-55,63H,11-22,26-27,33,35-37,42H2,1-10H3,(H,71,78)(H,72,79)/t52-,53+,54-,55+,63-/m0/s1. The Morgan fingerprint density at radius 3 is 2.04 bits per heavy atom. The summed E-state index contributed by atoms with van der Waals surface area (Å²) in [6, 6.07) is 23.0. The average molecular weight is 1260 g/mol. The van der Waals surface area contributed by atoms with Crippen LogP contribution in [0, 0.1) is 26.7 Å². The maximum absolute atomic E-state index is 14.6. The number of amides is 3. The summed E-state index contributed by atoms with van der Waals surface area (Å²) in [6.07, 6.45) is 11.3. The van der Waals surface area contributed by atoms with Crippen LogP contribution >= 0.6 is 22.9 Å². The van der Waals surface area contributed by atoms with Crippen LogP contribution in [0.5, 0.6) is 34.5 Å². The molecule has 6 aromatic rings. The highest BCUT2D eigenvalue weighted by Gasteiger charge is 2.40. The lowest BCUT2D eigenvalue weighted by atomic mass is 9.91. The maximum Gasteiger partial charge on any atom is 0.329 e. The van der Waals surface area contributed by atoms with E-state index in [1.807, 2.05) is 81.4 Å². The second-order valence-electron chi connectivity index (χ2n) is 22.8. The number of benzene rings is 4. The van der Waals surface area contributed by atoms with Gasteiger partial charge in [0.2, 0.25) is 17.6 Å². The van der Waals surface area contributed by atoms with Gasteiger partial charge in [0.1, 0.15) is 34.8 Å². The predicted molar refractivity (Wildman–Crippen MR) is 347 cm³/mol. The van der Waals surface area contributed by atoms with Crippen molar-refractivity contribution in [1.29, 1.82) is 0 Å². The highest BCUT2D eigenvalue weighted by molar-refractivity contribution is 7.15. The molecule has 1 saturated heterocycles. The number of halogens is 1. The zero-order chi connectivity index (χ0) is 63.6. The molecule has 18 nitrogen and oxygen atoms in total. The van der Waals surface area contributed by atoms with Gasteiger partial charge in [-0.1, -0.05) is 94.3 Å². The molecule has 1 fully saturated rings. The summed E-state index contributed by atoms with van der Waals surface area (Å²) < 4.78 is 42.5. The Kier molecular flexibility index (Phi) is 24.7. The number of unbranched alkanes of at least 4 members (excludes halogenated alkanes) is 7. The molecule has 0 aliphatic carbocycles. The first-order chi connectivity index (χ1) is 43.2. The van der Waals surface area contributed by atoms with Gasteiger partial charge in [0.05, 0.1) is 53.1 Å². The van der Waals surface area contributed by atoms with Crippen molar-refractivity contribution in [3.05, 3.63) is 134 Å². The summed E-state index contributed by atoms with van der Waals surface area (Å²) in [4.78, 5) is 64.4. The van der Waals surface area contributed by atoms with Crippen molar-refractivity contribution >= 4 is 52.3 Å². The predicted octanol–water partition coefficient (Wildman–Crippen LogP) is 13.1. The summed E-state index contributed by atoms with van der Waals surface area (Å²) >= 11 is 8.02. The topological polar surface area (TPSA) is 203 Å². The molecule has 5 atom stereocenters. The quantitative estimate of drug-likeness (QED) is 0.0298. The summed E-state index contributed by atoms with van der Waals surface area (Å²) in [5.74, 6) is 2.45. The van der Waals surface area contributed by atoms with Crippen molar-refractivity contribution in [2.24, 2.45) is 10.9 Å². The van der Waals surface area contributed by atoms with Gasteiger partial charge in [0.15, 0.2) is 35.4 Å². The third kappa shape index (κ3) is 16.6. The fraction of sp³-hybridized carbons (Fsp3) is 0.493. The lowest BCUT2D eigenvalue weighted by Gasteiger charge is -2.37. The number of carbonyl (C=O) groups excluding carboxylic acids is 4. The number of esters is 1. The van der Waals surface area contributed by atoms with E-state index in [-0.39, 0.29) is 24.3 Å². The van der Waals surface area contributed by atoms with Crippen molar-refractivity contribution in [2.45, 2.75) is 155 Å². The van der Waals surface area contributed by atoms with Gasteiger partial charge in [0.25, 0.3) is 5.91 Å². The molecule has 478 valence electrons. The zero-order valence-electron chi connectivity index (χ0n) is 53.3. The average Bonchev–Trinajstić information content (AvgIpc) is 1.98. The number of hydrogen-bond donors (Lipinski definition) is 2. The molecule has 4 aromatic carbocycles. The van der Waals surface area contributed by atoms with E-state index in [0.717, 1.165) is 103 Å². The minimum Gasteiger partial charge on any atom is -0.493 e. The first-order valence-corrected chi connectivity index (χ1v) is 32.5. The number of carbonyl (C=O) groups is 4. The van der Waals surface area contributed by atoms with E-state index >= 15 is 0 Å². The molecule has 4 heterocycles. The highest BCUT2D eigenvalue weighted by atomic mass is 35.5. The number of hydrogen-bond acceptors (Lipinski definition) is 15. The Labute approximate surface area is 533 Å². The van der Waals surface area contributed by atoms with E-state index in [4.69, 9.17) is 49.8 Å². The molecule has 0 saturated carbocycles. The highest BCUT2D eigenvalue weighted by Crippen LogP contribution is 2.44. The number of aliphatic imine (C=N–C) groups is 1. The normalized spacial score (nSPS) is 15.5. The van der Waals surface area contributed by atoms with Crippen LogP contribution in [0.2, 0.25) is 5.02 Å². The zero-order valence-corrected chi connectivity index (χ0v) is 54.9. The second-order valence-corrected chi connectivity index (χ2v) is 24.4. The summed E-state index contributed by atoms with van der Waals surface area (Å²) in [5.41, 5.74) is 6.30. The number of thiophene rings is 1. The Morgan fingerprint density at radius 2 is 1.39 bits per heavy atom. The fourth-order valence-corrected chi connectivity index (χ4v) is 13.3. The number of nitrogens with zero attached hydrogens (tertiary/aromatic N) is 5. The number of aryl methyl sites for hydroxylation is 3. The van der Waals surface area contributed by atoms with Gasteiger partial charge in [-0.3, -0.25) is 23.9 Å². The van der Waals surface area contributed by atoms with E-state index in [1.54, 1.807) is 48.7 Å². The monoisotopic (exact) mass is 1260 g/mol. The van der Waals surface area contributed by atoms with Crippen molar-refractivity contribution in [2.75, 3.05) is 61.8 Å². The first kappa shape index (κ1) is 67.3. The molecular formula is C69H88ClN7O11S. The number of methoxy groups -OCH3 is 5. The summed E-state index contributed by atoms with van der Waals surface area (Å²) in [5, 5.41) is 17.0. The number of nitrogens with one attached hydrogen (secondary N) is 2. The van der Waals surface area contributed by atoms with Crippen LogP contribution in [-0.4, -0.2) is 117 Å². The molecule has 0 radical (unpaired) electrons. The lowest BCUT2D eigenvalue weighted by molar-refractivity contribution is -0.162. The van der Waals surface area contributed by atoms with Crippen LogP contribution in [-0.2, 0) is 30.3 Å². The molecule has 2 N–H and O–H groups in total. The Morgan fingerprint density at radius 1 is 0.719 bits per heavy atom. The van der Waals surface area contributed by atoms with Crippen molar-refractivity contribution in [1.82, 2.24) is 30.3 Å². The molecule has 2 aliphatic rings. The van der Waals surface area contributed by atoms with Crippen LogP contribution < -0.4 is 39.1 Å². The first-order valence-electron chi connectivity index (χ1n) is 31.3. The molecule has 89 heavy (non-hydrogen) atoms. The van der Waals surface area contributed by atoms with Gasteiger partial charge in [0, 0.05) is 40.7 Å². The number of ether oxygens (including phenoxy) is 7. The fourth-order valence-electron chi connectivity index (χ4n) is 12.0. The van der Waals surface area contributed by atoms with Gasteiger partial charge in [-0.2, -0.15) is 0 Å². The van der Waals surface area contributed by atoms with Crippen molar-refractivity contribution in [3.63, 3.8) is 0 Å². The molecule has 20 heteroatoms. The van der Waals surface area contributed by atoms with E-state index in [9.17, 15) is 19.2 Å². The van der Waals surface area contributed by atoms with Crippen LogP contribution in [0.4, 0.5) is 0 Å². The van der Waals surface area contributed by atoms with E-state index in [1.165, 1.54) is 26.2 Å². The summed E-state index contributed by atoms with van der Waals surface area (Å²) in [7, 11) is 7.78. The number of piperidine rings is 1. The molecule has 0 spiro atoms. The van der Waals surface area contributed by atoms with E-state index in [0.29, 0.717) is 108 Å². The minimum absolute atomic E-state index is 0.0332. The number of likely N-dealkylation sites (tertiary alicyclic amines) is 1. The van der Waals surface area contributed by atoms with Gasteiger partial charge in [-0.05, 0) is 149 Å². The molecule has 0 unspecified atom stereocenters. The largest absolute Gasteiger partial charge is 0.493 e. The number of rotatable bonds is 32. The molecule has 2 aromatic heterocycles. The van der Waals surface area contributed by atoms with E-state index < -0.39 is 36.0 Å². The molecule has 3 amide bonds. The van der Waals surface area contributed by atoms with Gasteiger partial charge in [-0.15, -0.1) is 21.5 Å². The Balaban J connectivity index is 0.786. The minimum atomic E-state index is -0.802. The third-order valence-corrected chi connectivity index (χ3v) is 18.5. The number of aromatic nitrogens is 3. The SMILES string of the molecule is CC[C@H](C(=O)N1CCCC[C@H]1C(=O)O[C@H](CCc1ccc(OC)c(OC)c1)c1cccc(OCC(=O)NCCCCCCCCCCNC(=O)[C@H](CC)[C@@H]2N=C(c3ccc(Cl)cc3)c3c(sc(C)c3C)-n3c(C)nnc32)c1)c1cc(OC)c(OC)c(OC)c1. The van der Waals surface area contributed by atoms with Gasteiger partial charge >= 0.3 is 5.97 Å². The van der Waals surface area contributed by atoms with Crippen molar-refractivity contribution in [3.8, 4) is 39.5 Å². The van der Waals surface area contributed by atoms with Crippen LogP contribution in [0.25, 0.3) is 5.00 Å². The lowest BCUT2D eigenvalue weighted by Crippen LogP contribution is -2.50. The van der Waals surface area contributed by atoms with Crippen LogP contribution in [0.3, 0.4) is 0 Å². The summed E-state index contributed by atoms with van der Waals surface area (Å²) in [6.45, 7) is 11.5. The molecule has 8 rings (SSSR count). The van der Waals surface area contributed by atoms with E-state index in [2.05, 4.69) is 39.2 Å². The number of fused-ring (bicyclic) bond motifs is 3. The van der Waals surface area contributed by atoms with Gasteiger partial charge in [-0.25, -0.2) is 4.79 Å². The molecule has 2 aliphatic heterocycles. The Hall–Kier alpha value is -7.64. The third-order valence-electron chi connectivity index (χ3n) is 17.0. The van der Waals surface area contributed by atoms with Crippen LogP contribution in [0.15, 0.2) is 83.9 Å². The molecular weight excluding hydrogens is 1170 g/mol. The maximum atomic E-state index is 14.6. The van der Waals surface area contributed by atoms with Crippen LogP contribution in [0.1, 0.15) is 172 Å². The van der Waals surface area contributed by atoms with Gasteiger partial charge < -0.3 is 48.7 Å².